The van der Waals surface area contributed by atoms with Crippen molar-refractivity contribution in [3.8, 4) is 5.75 Å². The Morgan fingerprint density at radius 2 is 1.64 bits per heavy atom. The Hall–Kier alpha value is -4.05. The fraction of sp³-hybridized carbons (Fsp3) is 0.375. The number of amides is 3. The summed E-state index contributed by atoms with van der Waals surface area (Å²) in [6, 6.07) is 15.1. The van der Waals surface area contributed by atoms with E-state index in [4.69, 9.17) is 9.73 Å². The van der Waals surface area contributed by atoms with Gasteiger partial charge in [-0.15, -0.1) is 0 Å². The van der Waals surface area contributed by atoms with Gasteiger partial charge in [-0.25, -0.2) is 4.99 Å². The third-order valence-electron chi connectivity index (χ3n) is 7.92. The average molecular weight is 588 g/mol. The number of rotatable bonds is 7. The lowest BCUT2D eigenvalue weighted by molar-refractivity contribution is -0.138. The van der Waals surface area contributed by atoms with Crippen LogP contribution in [0.3, 0.4) is 0 Å². The van der Waals surface area contributed by atoms with Crippen LogP contribution in [0.1, 0.15) is 57.2 Å². The molecule has 9 nitrogen and oxygen atoms in total. The molecule has 3 aliphatic heterocycles. The van der Waals surface area contributed by atoms with E-state index < -0.39 is 6.04 Å². The van der Waals surface area contributed by atoms with Gasteiger partial charge in [0, 0.05) is 44.5 Å². The van der Waals surface area contributed by atoms with Crippen LogP contribution in [-0.2, 0) is 14.4 Å². The topological polar surface area (TPSA) is 94.5 Å². The number of nitrogens with zero attached hydrogens (tertiary/aromatic N) is 4. The number of amidine groups is 1. The zero-order chi connectivity index (χ0) is 30.0. The molecule has 1 saturated heterocycles. The van der Waals surface area contributed by atoms with Gasteiger partial charge in [0.25, 0.3) is 5.91 Å². The van der Waals surface area contributed by atoms with E-state index in [2.05, 4.69) is 43.4 Å². The first-order valence-corrected chi connectivity index (χ1v) is 15.1. The Bertz CT molecular complexity index is 1450. The van der Waals surface area contributed by atoms with Crippen LogP contribution in [0.25, 0.3) is 0 Å². The van der Waals surface area contributed by atoms with Crippen molar-refractivity contribution in [1.29, 1.82) is 0 Å². The van der Waals surface area contributed by atoms with Gasteiger partial charge in [0.05, 0.1) is 30.8 Å². The van der Waals surface area contributed by atoms with Crippen LogP contribution in [-0.4, -0.2) is 70.9 Å². The molecule has 0 unspecified atom stereocenters. The summed E-state index contributed by atoms with van der Waals surface area (Å²) < 4.78 is 5.26. The maximum atomic E-state index is 13.9. The number of hydrogen-bond donors (Lipinski definition) is 1. The SMILES string of the molecule is COc1ccc(NC(=O)C2=C(C)N=C3SC=C(CC(=O)N4CCN(C(C)=O)CC4)N3[C@@H]2c2ccc(C(C)C)cc2)cc1. The van der Waals surface area contributed by atoms with Crippen LogP contribution in [0.15, 0.2) is 75.9 Å². The van der Waals surface area contributed by atoms with Crippen molar-refractivity contribution in [2.24, 2.45) is 4.99 Å². The van der Waals surface area contributed by atoms with Gasteiger partial charge in [-0.1, -0.05) is 49.9 Å². The Morgan fingerprint density at radius 1 is 1.00 bits per heavy atom. The van der Waals surface area contributed by atoms with Gasteiger partial charge in [0.2, 0.25) is 11.8 Å². The number of methoxy groups -OCH3 is 1. The number of piperazine rings is 1. The highest BCUT2D eigenvalue weighted by Gasteiger charge is 2.41. The summed E-state index contributed by atoms with van der Waals surface area (Å²) in [4.78, 5) is 49.5. The van der Waals surface area contributed by atoms with Gasteiger partial charge in [0.15, 0.2) is 5.17 Å². The molecule has 1 N–H and O–H groups in total. The van der Waals surface area contributed by atoms with Crippen LogP contribution < -0.4 is 10.1 Å². The first-order valence-electron chi connectivity index (χ1n) is 14.2. The number of allylic oxidation sites excluding steroid dienone is 1. The maximum absolute atomic E-state index is 13.9. The van der Waals surface area contributed by atoms with E-state index in [1.165, 1.54) is 17.3 Å². The summed E-state index contributed by atoms with van der Waals surface area (Å²) in [5.74, 6) is 0.850. The number of nitrogens with one attached hydrogen (secondary N) is 1. The summed E-state index contributed by atoms with van der Waals surface area (Å²) in [7, 11) is 1.60. The first kappa shape index (κ1) is 29.4. The highest BCUT2D eigenvalue weighted by atomic mass is 32.2. The van der Waals surface area contributed by atoms with E-state index in [0.717, 1.165) is 16.4 Å². The van der Waals surface area contributed by atoms with Crippen molar-refractivity contribution in [3.05, 3.63) is 82.0 Å². The lowest BCUT2D eigenvalue weighted by Gasteiger charge is -2.38. The Kier molecular flexibility index (Phi) is 8.72. The molecule has 10 heteroatoms. The van der Waals surface area contributed by atoms with E-state index in [0.29, 0.717) is 54.8 Å². The average Bonchev–Trinajstić information content (AvgIpc) is 3.38. The molecule has 0 aromatic heterocycles. The van der Waals surface area contributed by atoms with E-state index in [-0.39, 0.29) is 24.1 Å². The molecule has 1 fully saturated rings. The molecule has 0 spiro atoms. The summed E-state index contributed by atoms with van der Waals surface area (Å²) in [6.07, 6.45) is 0.180. The van der Waals surface area contributed by atoms with Crippen molar-refractivity contribution in [3.63, 3.8) is 0 Å². The molecule has 0 bridgehead atoms. The number of carbonyl (C=O) groups is 3. The number of anilines is 1. The zero-order valence-electron chi connectivity index (χ0n) is 24.7. The number of hydrogen-bond acceptors (Lipinski definition) is 7. The summed E-state index contributed by atoms with van der Waals surface area (Å²) in [6.45, 7) is 9.81. The van der Waals surface area contributed by atoms with Crippen molar-refractivity contribution in [2.45, 2.75) is 46.1 Å². The van der Waals surface area contributed by atoms with E-state index in [9.17, 15) is 14.4 Å². The number of aliphatic imine (C=N–C) groups is 1. The molecule has 5 rings (SSSR count). The molecule has 3 heterocycles. The normalized spacial score (nSPS) is 18.5. The van der Waals surface area contributed by atoms with Crippen LogP contribution in [0.4, 0.5) is 5.69 Å². The van der Waals surface area contributed by atoms with Crippen LogP contribution in [0, 0.1) is 0 Å². The fourth-order valence-electron chi connectivity index (χ4n) is 5.45. The molecule has 3 aliphatic rings. The molecule has 0 saturated carbocycles. The maximum Gasteiger partial charge on any atom is 0.255 e. The largest absolute Gasteiger partial charge is 0.497 e. The fourth-order valence-corrected chi connectivity index (χ4v) is 6.41. The van der Waals surface area contributed by atoms with Gasteiger partial charge in [0.1, 0.15) is 5.75 Å². The summed E-state index contributed by atoms with van der Waals surface area (Å²) in [5.41, 5.74) is 4.78. The second-order valence-electron chi connectivity index (χ2n) is 11.0. The Labute approximate surface area is 251 Å². The lowest BCUT2D eigenvalue weighted by Crippen LogP contribution is -2.50. The number of benzene rings is 2. The number of ether oxygens (including phenoxy) is 1. The third-order valence-corrected chi connectivity index (χ3v) is 8.81. The molecule has 42 heavy (non-hydrogen) atoms. The van der Waals surface area contributed by atoms with E-state index in [1.54, 1.807) is 43.2 Å². The third kappa shape index (κ3) is 6.09. The molecular formula is C32H37N5O4S. The van der Waals surface area contributed by atoms with Gasteiger partial charge in [-0.05, 0) is 53.6 Å². The molecule has 3 amide bonds. The minimum atomic E-state index is -0.458. The minimum absolute atomic E-state index is 0.00397. The van der Waals surface area contributed by atoms with Crippen molar-refractivity contribution in [1.82, 2.24) is 14.7 Å². The number of fused-ring (bicyclic) bond motifs is 1. The van der Waals surface area contributed by atoms with Gasteiger partial charge >= 0.3 is 0 Å². The quantitative estimate of drug-likeness (QED) is 0.484. The summed E-state index contributed by atoms with van der Waals surface area (Å²) in [5, 5.41) is 5.76. The predicted octanol–water partition coefficient (Wildman–Crippen LogP) is 5.11. The Morgan fingerprint density at radius 3 is 2.24 bits per heavy atom. The molecule has 2 aromatic rings. The van der Waals surface area contributed by atoms with Gasteiger partial charge in [-0.3, -0.25) is 14.4 Å². The minimum Gasteiger partial charge on any atom is -0.497 e. The second-order valence-corrected chi connectivity index (χ2v) is 11.8. The predicted molar refractivity (Wildman–Crippen MR) is 166 cm³/mol. The van der Waals surface area contributed by atoms with Crippen molar-refractivity contribution in [2.75, 3.05) is 38.6 Å². The van der Waals surface area contributed by atoms with Crippen LogP contribution in [0.2, 0.25) is 0 Å². The van der Waals surface area contributed by atoms with Gasteiger partial charge < -0.3 is 24.8 Å². The molecule has 2 aromatic carbocycles. The van der Waals surface area contributed by atoms with Crippen molar-refractivity contribution < 1.29 is 19.1 Å². The molecule has 0 aliphatic carbocycles. The van der Waals surface area contributed by atoms with Crippen LogP contribution in [0.5, 0.6) is 5.75 Å². The standard InChI is InChI=1S/C32H37N5O4S/c1-20(2)23-6-8-24(9-7-23)30-29(31(40)34-25-10-12-27(41-5)13-11-25)21(3)33-32-37(30)26(19-42-32)18-28(39)36-16-14-35(15-17-36)22(4)38/h6-13,19-20,30H,14-18H2,1-5H3,(H,34,40)/t30-/m1/s1. The molecule has 0 radical (unpaired) electrons. The zero-order valence-corrected chi connectivity index (χ0v) is 25.5. The highest BCUT2D eigenvalue weighted by Crippen LogP contribution is 2.45. The first-order chi connectivity index (χ1) is 20.2. The highest BCUT2D eigenvalue weighted by molar-refractivity contribution is 8.16. The smallest absolute Gasteiger partial charge is 0.255 e. The number of carbonyl (C=O) groups excluding carboxylic acids is 3. The number of thioether (sulfide) groups is 1. The molecular weight excluding hydrogens is 550 g/mol. The van der Waals surface area contributed by atoms with E-state index in [1.807, 2.05) is 22.1 Å². The molecule has 220 valence electrons. The second kappa shape index (κ2) is 12.4. The molecule has 1 atom stereocenters. The van der Waals surface area contributed by atoms with Crippen molar-refractivity contribution >= 4 is 40.3 Å². The lowest BCUT2D eigenvalue weighted by atomic mass is 9.91. The monoisotopic (exact) mass is 587 g/mol. The van der Waals surface area contributed by atoms with Gasteiger partial charge in [-0.2, -0.15) is 0 Å². The Balaban J connectivity index is 1.44. The van der Waals surface area contributed by atoms with E-state index >= 15 is 0 Å². The van der Waals surface area contributed by atoms with Crippen LogP contribution >= 0.6 is 11.8 Å². The summed E-state index contributed by atoms with van der Waals surface area (Å²) >= 11 is 1.47.